The van der Waals surface area contributed by atoms with Gasteiger partial charge in [-0.25, -0.2) is 0 Å². The first-order valence-electron chi connectivity index (χ1n) is 6.57. The fraction of sp³-hybridized carbons (Fsp3) is 0.923. The maximum atomic E-state index is 12.3. The average molecular weight is 246 g/mol. The molecule has 3 heteroatoms. The summed E-state index contributed by atoms with van der Waals surface area (Å²) in [7, 11) is 0. The van der Waals surface area contributed by atoms with E-state index in [1.807, 2.05) is 0 Å². The van der Waals surface area contributed by atoms with Gasteiger partial charge in [-0.1, -0.05) is 20.3 Å². The number of amides is 1. The Labute approximate surface area is 104 Å². The smallest absolute Gasteiger partial charge is 0.225 e. The Balaban J connectivity index is 2.56. The summed E-state index contributed by atoms with van der Waals surface area (Å²) in [5, 5.41) is 0. The van der Waals surface area contributed by atoms with Gasteiger partial charge in [0.1, 0.15) is 0 Å². The molecular weight excluding hydrogens is 222 g/mol. The Morgan fingerprint density at radius 3 is 2.88 bits per heavy atom. The van der Waals surface area contributed by atoms with Crippen LogP contribution < -0.4 is 0 Å². The minimum atomic E-state index is 0.181. The largest absolute Gasteiger partial charge is 0.339 e. The van der Waals surface area contributed by atoms with E-state index in [0.717, 1.165) is 38.6 Å². The monoisotopic (exact) mass is 245 g/mol. The third-order valence-corrected chi connectivity index (χ3v) is 3.71. The van der Waals surface area contributed by atoms with Crippen molar-refractivity contribution in [3.05, 3.63) is 0 Å². The van der Waals surface area contributed by atoms with E-state index in [2.05, 4.69) is 18.7 Å². The summed E-state index contributed by atoms with van der Waals surface area (Å²) >= 11 is 5.81. The quantitative estimate of drug-likeness (QED) is 0.680. The maximum absolute atomic E-state index is 12.3. The highest BCUT2D eigenvalue weighted by Gasteiger charge is 2.28. The zero-order valence-electron chi connectivity index (χ0n) is 10.5. The minimum absolute atomic E-state index is 0.181. The molecule has 0 spiro atoms. The van der Waals surface area contributed by atoms with Crippen molar-refractivity contribution in [2.24, 2.45) is 5.92 Å². The lowest BCUT2D eigenvalue weighted by Gasteiger charge is -2.37. The van der Waals surface area contributed by atoms with E-state index >= 15 is 0 Å². The van der Waals surface area contributed by atoms with Gasteiger partial charge in [-0.3, -0.25) is 4.79 Å². The minimum Gasteiger partial charge on any atom is -0.339 e. The molecule has 1 heterocycles. The van der Waals surface area contributed by atoms with E-state index in [4.69, 9.17) is 11.6 Å². The summed E-state index contributed by atoms with van der Waals surface area (Å²) < 4.78 is 0. The van der Waals surface area contributed by atoms with Crippen molar-refractivity contribution in [2.45, 2.75) is 58.4 Å². The first kappa shape index (κ1) is 13.8. The van der Waals surface area contributed by atoms with Gasteiger partial charge >= 0.3 is 0 Å². The Morgan fingerprint density at radius 2 is 2.25 bits per heavy atom. The van der Waals surface area contributed by atoms with Crippen molar-refractivity contribution in [1.29, 1.82) is 0 Å². The van der Waals surface area contributed by atoms with Crippen LogP contribution in [-0.2, 0) is 4.79 Å². The Hall–Kier alpha value is -0.240. The van der Waals surface area contributed by atoms with E-state index in [0.29, 0.717) is 17.8 Å². The van der Waals surface area contributed by atoms with Crippen LogP contribution in [0.25, 0.3) is 0 Å². The second kappa shape index (κ2) is 7.16. The summed E-state index contributed by atoms with van der Waals surface area (Å²) in [6, 6.07) is 0.401. The standard InChI is InChI=1S/C13H24ClNO/c1-3-6-11(2)13(16)15-10-5-4-7-12(15)8-9-14/h11-12H,3-10H2,1-2H3. The third-order valence-electron chi connectivity index (χ3n) is 3.50. The lowest BCUT2D eigenvalue weighted by molar-refractivity contribution is -0.139. The zero-order chi connectivity index (χ0) is 12.0. The van der Waals surface area contributed by atoms with Crippen LogP contribution >= 0.6 is 11.6 Å². The molecule has 2 atom stereocenters. The highest BCUT2D eigenvalue weighted by molar-refractivity contribution is 6.17. The molecule has 1 amide bonds. The molecule has 0 radical (unpaired) electrons. The maximum Gasteiger partial charge on any atom is 0.225 e. The Morgan fingerprint density at radius 1 is 1.50 bits per heavy atom. The second-order valence-electron chi connectivity index (χ2n) is 4.85. The predicted octanol–water partition coefficient (Wildman–Crippen LogP) is 3.43. The van der Waals surface area contributed by atoms with E-state index in [1.54, 1.807) is 0 Å². The fourth-order valence-electron chi connectivity index (χ4n) is 2.56. The molecule has 2 unspecified atom stereocenters. The summed E-state index contributed by atoms with van der Waals surface area (Å²) in [4.78, 5) is 14.3. The van der Waals surface area contributed by atoms with Gasteiger partial charge in [0.15, 0.2) is 0 Å². The molecule has 2 nitrogen and oxygen atoms in total. The number of hydrogen-bond acceptors (Lipinski definition) is 1. The first-order valence-corrected chi connectivity index (χ1v) is 7.10. The second-order valence-corrected chi connectivity index (χ2v) is 5.23. The summed E-state index contributed by atoms with van der Waals surface area (Å²) in [5.41, 5.74) is 0. The number of piperidine rings is 1. The number of likely N-dealkylation sites (tertiary alicyclic amines) is 1. The number of rotatable bonds is 5. The molecule has 1 saturated heterocycles. The van der Waals surface area contributed by atoms with Gasteiger partial charge in [0.25, 0.3) is 0 Å². The molecule has 16 heavy (non-hydrogen) atoms. The molecule has 0 aromatic rings. The highest BCUT2D eigenvalue weighted by atomic mass is 35.5. The number of alkyl halides is 1. The number of halogens is 1. The molecule has 0 saturated carbocycles. The van der Waals surface area contributed by atoms with Crippen LogP contribution in [0.1, 0.15) is 52.4 Å². The summed E-state index contributed by atoms with van der Waals surface area (Å²) in [6.45, 7) is 5.13. The zero-order valence-corrected chi connectivity index (χ0v) is 11.3. The SMILES string of the molecule is CCCC(C)C(=O)N1CCCCC1CCCl. The van der Waals surface area contributed by atoms with Crippen LogP contribution in [0.3, 0.4) is 0 Å². The molecular formula is C13H24ClNO. The van der Waals surface area contributed by atoms with Crippen LogP contribution in [0, 0.1) is 5.92 Å². The van der Waals surface area contributed by atoms with E-state index in [1.165, 1.54) is 6.42 Å². The van der Waals surface area contributed by atoms with Crippen molar-refractivity contribution in [3.8, 4) is 0 Å². The van der Waals surface area contributed by atoms with E-state index in [9.17, 15) is 4.79 Å². The number of carbonyl (C=O) groups is 1. The predicted molar refractivity (Wildman–Crippen MR) is 68.8 cm³/mol. The highest BCUT2D eigenvalue weighted by Crippen LogP contribution is 2.23. The number of nitrogens with zero attached hydrogens (tertiary/aromatic N) is 1. The molecule has 1 fully saturated rings. The number of carbonyl (C=O) groups excluding carboxylic acids is 1. The molecule has 94 valence electrons. The van der Waals surface area contributed by atoms with Gasteiger partial charge in [0, 0.05) is 24.4 Å². The first-order chi connectivity index (χ1) is 7.70. The van der Waals surface area contributed by atoms with Gasteiger partial charge in [0.05, 0.1) is 0 Å². The van der Waals surface area contributed by atoms with Crippen LogP contribution in [-0.4, -0.2) is 29.3 Å². The van der Waals surface area contributed by atoms with Crippen molar-refractivity contribution >= 4 is 17.5 Å². The van der Waals surface area contributed by atoms with Gasteiger partial charge < -0.3 is 4.90 Å². The molecule has 1 rings (SSSR count). The molecule has 0 aromatic heterocycles. The van der Waals surface area contributed by atoms with Crippen molar-refractivity contribution in [3.63, 3.8) is 0 Å². The van der Waals surface area contributed by atoms with Crippen LogP contribution in [0.2, 0.25) is 0 Å². The van der Waals surface area contributed by atoms with Gasteiger partial charge in [-0.2, -0.15) is 0 Å². The van der Waals surface area contributed by atoms with Gasteiger partial charge in [-0.15, -0.1) is 11.6 Å². The molecule has 0 bridgehead atoms. The van der Waals surface area contributed by atoms with Crippen LogP contribution in [0.4, 0.5) is 0 Å². The van der Waals surface area contributed by atoms with Gasteiger partial charge in [0.2, 0.25) is 5.91 Å². The average Bonchev–Trinajstić information content (AvgIpc) is 2.29. The van der Waals surface area contributed by atoms with Gasteiger partial charge in [-0.05, 0) is 32.1 Å². The topological polar surface area (TPSA) is 20.3 Å². The summed E-state index contributed by atoms with van der Waals surface area (Å²) in [5.74, 6) is 1.19. The Bertz CT molecular complexity index is 218. The summed E-state index contributed by atoms with van der Waals surface area (Å²) in [6.07, 6.45) is 6.57. The molecule has 1 aliphatic rings. The van der Waals surface area contributed by atoms with E-state index in [-0.39, 0.29) is 5.92 Å². The van der Waals surface area contributed by atoms with Crippen LogP contribution in [0.5, 0.6) is 0 Å². The van der Waals surface area contributed by atoms with E-state index < -0.39 is 0 Å². The lowest BCUT2D eigenvalue weighted by atomic mass is 9.96. The Kier molecular flexibility index (Phi) is 6.18. The van der Waals surface area contributed by atoms with Crippen molar-refractivity contribution in [2.75, 3.05) is 12.4 Å². The molecule has 0 aromatic carbocycles. The number of hydrogen-bond donors (Lipinski definition) is 0. The molecule has 0 aliphatic carbocycles. The molecule has 0 N–H and O–H groups in total. The van der Waals surface area contributed by atoms with Crippen LogP contribution in [0.15, 0.2) is 0 Å². The normalized spacial score (nSPS) is 23.2. The van der Waals surface area contributed by atoms with Crippen molar-refractivity contribution in [1.82, 2.24) is 4.90 Å². The lowest BCUT2D eigenvalue weighted by Crippen LogP contribution is -2.46. The molecule has 1 aliphatic heterocycles. The fourth-order valence-corrected chi connectivity index (χ4v) is 2.81. The van der Waals surface area contributed by atoms with Crippen molar-refractivity contribution < 1.29 is 4.79 Å². The third kappa shape index (κ3) is 3.65.